The van der Waals surface area contributed by atoms with Gasteiger partial charge in [-0.1, -0.05) is 27.7 Å². The van der Waals surface area contributed by atoms with E-state index < -0.39 is 0 Å². The maximum Gasteiger partial charge on any atom is 0.00498 e. The summed E-state index contributed by atoms with van der Waals surface area (Å²) in [6, 6.07) is 0. The Morgan fingerprint density at radius 2 is 1.58 bits per heavy atom. The molecule has 0 aromatic heterocycles. The van der Waals surface area contributed by atoms with E-state index in [9.17, 15) is 0 Å². The van der Waals surface area contributed by atoms with Crippen LogP contribution in [0.25, 0.3) is 0 Å². The average Bonchev–Trinajstić information content (AvgIpc) is 2.41. The monoisotopic (exact) mass is 271 g/mol. The highest BCUT2D eigenvalue weighted by atomic mass is 15.1. The lowest BCUT2D eigenvalue weighted by atomic mass is 9.81. The molecule has 0 aromatic carbocycles. The highest BCUT2D eigenvalue weighted by Crippen LogP contribution is 2.27. The van der Waals surface area contributed by atoms with Crippen molar-refractivity contribution in [3.8, 4) is 0 Å². The zero-order valence-corrected chi connectivity index (χ0v) is 14.3. The van der Waals surface area contributed by atoms with Crippen molar-refractivity contribution in [2.24, 2.45) is 5.41 Å². The topological polar surface area (TPSA) is 18.5 Å². The molecule has 0 rings (SSSR count). The summed E-state index contributed by atoms with van der Waals surface area (Å²) in [4.78, 5) is 4.91. The van der Waals surface area contributed by atoms with Crippen LogP contribution < -0.4 is 5.32 Å². The first kappa shape index (κ1) is 18.9. The zero-order chi connectivity index (χ0) is 14.7. The summed E-state index contributed by atoms with van der Waals surface area (Å²) < 4.78 is 0. The number of rotatable bonds is 12. The van der Waals surface area contributed by atoms with Gasteiger partial charge in [0.05, 0.1) is 0 Å². The second kappa shape index (κ2) is 10.6. The molecule has 0 saturated carbocycles. The van der Waals surface area contributed by atoms with Gasteiger partial charge in [0.15, 0.2) is 0 Å². The predicted octanol–water partition coefficient (Wildman–Crippen LogP) is 2.68. The smallest absolute Gasteiger partial charge is 0.00498 e. The summed E-state index contributed by atoms with van der Waals surface area (Å²) in [5.41, 5.74) is 0.449. The van der Waals surface area contributed by atoms with E-state index in [4.69, 9.17) is 0 Å². The lowest BCUT2D eigenvalue weighted by Gasteiger charge is -2.37. The van der Waals surface area contributed by atoms with Gasteiger partial charge in [0.25, 0.3) is 0 Å². The van der Waals surface area contributed by atoms with Gasteiger partial charge in [-0.05, 0) is 65.0 Å². The number of nitrogens with one attached hydrogen (secondary N) is 1. The van der Waals surface area contributed by atoms with Crippen LogP contribution in [-0.2, 0) is 0 Å². The summed E-state index contributed by atoms with van der Waals surface area (Å²) >= 11 is 0. The molecule has 0 saturated heterocycles. The van der Waals surface area contributed by atoms with Crippen molar-refractivity contribution in [3.63, 3.8) is 0 Å². The first-order chi connectivity index (χ1) is 9.03. The minimum atomic E-state index is 0.449. The van der Waals surface area contributed by atoms with Gasteiger partial charge >= 0.3 is 0 Å². The van der Waals surface area contributed by atoms with E-state index in [-0.39, 0.29) is 0 Å². The first-order valence-electron chi connectivity index (χ1n) is 8.11. The molecular weight excluding hydrogens is 234 g/mol. The van der Waals surface area contributed by atoms with Crippen LogP contribution in [0.5, 0.6) is 0 Å². The molecule has 0 unspecified atom stereocenters. The molecule has 0 heterocycles. The van der Waals surface area contributed by atoms with Crippen molar-refractivity contribution in [2.45, 2.75) is 47.0 Å². The Bertz CT molecular complexity index is 200. The van der Waals surface area contributed by atoms with Crippen molar-refractivity contribution >= 4 is 0 Å². The van der Waals surface area contributed by atoms with Gasteiger partial charge in [0, 0.05) is 13.1 Å². The summed E-state index contributed by atoms with van der Waals surface area (Å²) in [6.07, 6.45) is 3.80. The van der Waals surface area contributed by atoms with Crippen molar-refractivity contribution in [3.05, 3.63) is 0 Å². The summed E-state index contributed by atoms with van der Waals surface area (Å²) in [7, 11) is 4.31. The molecule has 19 heavy (non-hydrogen) atoms. The van der Waals surface area contributed by atoms with Crippen LogP contribution in [-0.4, -0.2) is 63.2 Å². The summed E-state index contributed by atoms with van der Waals surface area (Å²) in [5.74, 6) is 0. The highest BCUT2D eigenvalue weighted by Gasteiger charge is 2.27. The van der Waals surface area contributed by atoms with Crippen LogP contribution in [0.3, 0.4) is 0 Å². The minimum Gasteiger partial charge on any atom is -0.316 e. The Morgan fingerprint density at radius 1 is 0.947 bits per heavy atom. The van der Waals surface area contributed by atoms with Gasteiger partial charge < -0.3 is 15.1 Å². The van der Waals surface area contributed by atoms with Crippen LogP contribution >= 0.6 is 0 Å². The molecule has 0 spiro atoms. The lowest BCUT2D eigenvalue weighted by Crippen LogP contribution is -2.44. The third kappa shape index (κ3) is 7.91. The van der Waals surface area contributed by atoms with Crippen LogP contribution in [0, 0.1) is 5.41 Å². The van der Waals surface area contributed by atoms with E-state index in [2.05, 4.69) is 56.9 Å². The van der Waals surface area contributed by atoms with Crippen molar-refractivity contribution in [2.75, 3.05) is 53.4 Å². The molecule has 1 N–H and O–H groups in total. The lowest BCUT2D eigenvalue weighted by molar-refractivity contribution is 0.135. The van der Waals surface area contributed by atoms with E-state index in [1.807, 2.05) is 0 Å². The van der Waals surface area contributed by atoms with Gasteiger partial charge in [0.1, 0.15) is 0 Å². The second-order valence-corrected chi connectivity index (χ2v) is 6.01. The van der Waals surface area contributed by atoms with Crippen molar-refractivity contribution < 1.29 is 0 Å². The molecule has 0 aliphatic rings. The zero-order valence-electron chi connectivity index (χ0n) is 14.3. The van der Waals surface area contributed by atoms with Gasteiger partial charge in [0.2, 0.25) is 0 Å². The summed E-state index contributed by atoms with van der Waals surface area (Å²) in [5, 5.41) is 3.56. The molecule has 0 aliphatic heterocycles. The first-order valence-corrected chi connectivity index (χ1v) is 8.11. The number of hydrogen-bond donors (Lipinski definition) is 1. The molecular formula is C16H37N3. The molecule has 3 heteroatoms. The largest absolute Gasteiger partial charge is 0.316 e. The highest BCUT2D eigenvalue weighted by molar-refractivity contribution is 4.82. The van der Waals surface area contributed by atoms with Crippen LogP contribution in [0.4, 0.5) is 0 Å². The van der Waals surface area contributed by atoms with Crippen LogP contribution in [0.1, 0.15) is 47.0 Å². The molecule has 0 bridgehead atoms. The second-order valence-electron chi connectivity index (χ2n) is 6.01. The fourth-order valence-corrected chi connectivity index (χ4v) is 2.60. The normalized spacial score (nSPS) is 12.6. The standard InChI is InChI=1S/C16H37N3/c1-7-16(8-2,14-17-9-3)15-19(10-4)13-11-12-18(5)6/h17H,7-15H2,1-6H3. The molecule has 0 fully saturated rings. The Hall–Kier alpha value is -0.120. The molecule has 0 amide bonds. The Labute approximate surface area is 121 Å². The van der Waals surface area contributed by atoms with E-state index >= 15 is 0 Å². The maximum absolute atomic E-state index is 3.56. The maximum atomic E-state index is 3.56. The third-order valence-electron chi connectivity index (χ3n) is 4.34. The van der Waals surface area contributed by atoms with Gasteiger partial charge in [-0.3, -0.25) is 0 Å². The molecule has 0 atom stereocenters. The van der Waals surface area contributed by atoms with Crippen molar-refractivity contribution in [1.29, 1.82) is 0 Å². The molecule has 3 nitrogen and oxygen atoms in total. The quantitative estimate of drug-likeness (QED) is 0.589. The fourth-order valence-electron chi connectivity index (χ4n) is 2.60. The minimum absolute atomic E-state index is 0.449. The van der Waals surface area contributed by atoms with Gasteiger partial charge in [-0.2, -0.15) is 0 Å². The third-order valence-corrected chi connectivity index (χ3v) is 4.34. The molecule has 0 aromatic rings. The Balaban J connectivity index is 4.34. The van der Waals surface area contributed by atoms with Gasteiger partial charge in [-0.15, -0.1) is 0 Å². The van der Waals surface area contributed by atoms with Crippen molar-refractivity contribution in [1.82, 2.24) is 15.1 Å². The van der Waals surface area contributed by atoms with E-state index in [0.29, 0.717) is 5.41 Å². The number of hydrogen-bond acceptors (Lipinski definition) is 3. The fraction of sp³-hybridized carbons (Fsp3) is 1.00. The van der Waals surface area contributed by atoms with Gasteiger partial charge in [-0.25, -0.2) is 0 Å². The molecule has 116 valence electrons. The Morgan fingerprint density at radius 3 is 2.00 bits per heavy atom. The molecule has 0 radical (unpaired) electrons. The van der Waals surface area contributed by atoms with E-state index in [1.165, 1.54) is 45.4 Å². The SMILES string of the molecule is CCNCC(CC)(CC)CN(CC)CCCN(C)C. The average molecular weight is 271 g/mol. The Kier molecular flexibility index (Phi) is 10.6. The van der Waals surface area contributed by atoms with E-state index in [0.717, 1.165) is 13.1 Å². The predicted molar refractivity (Wildman–Crippen MR) is 86.8 cm³/mol. The van der Waals surface area contributed by atoms with Crippen LogP contribution in [0.2, 0.25) is 0 Å². The van der Waals surface area contributed by atoms with Crippen LogP contribution in [0.15, 0.2) is 0 Å². The summed E-state index contributed by atoms with van der Waals surface area (Å²) in [6.45, 7) is 16.2. The number of nitrogens with zero attached hydrogens (tertiary/aromatic N) is 2. The van der Waals surface area contributed by atoms with E-state index in [1.54, 1.807) is 0 Å². The molecule has 0 aliphatic carbocycles.